The molecule has 0 atom stereocenters. The van der Waals surface area contributed by atoms with E-state index in [-0.39, 0.29) is 10.6 Å². The Morgan fingerprint density at radius 1 is 1.38 bits per heavy atom. The highest BCUT2D eigenvalue weighted by Gasteiger charge is 2.21. The monoisotopic (exact) mass is 235 g/mol. The average Bonchev–Trinajstić information content (AvgIpc) is 2.58. The number of non-ortho nitro benzene ring substituents is 1. The van der Waals surface area contributed by atoms with Crippen LogP contribution in [-0.2, 0) is 0 Å². The Balaban J connectivity index is 2.70. The van der Waals surface area contributed by atoms with Crippen LogP contribution in [-0.4, -0.2) is 22.6 Å². The fourth-order valence-corrected chi connectivity index (χ4v) is 2.98. The van der Waals surface area contributed by atoms with E-state index in [2.05, 4.69) is 24.7 Å². The van der Waals surface area contributed by atoms with Gasteiger partial charge in [0.2, 0.25) is 0 Å². The molecule has 0 radical (unpaired) electrons. The van der Waals surface area contributed by atoms with E-state index in [9.17, 15) is 10.1 Å². The molecule has 2 rings (SSSR count). The summed E-state index contributed by atoms with van der Waals surface area (Å²) in [5.41, 5.74) is 0.973. The van der Waals surface area contributed by atoms with Crippen molar-refractivity contribution in [3.8, 4) is 0 Å². The summed E-state index contributed by atoms with van der Waals surface area (Å²) in [5.74, 6) is 0. The fraction of sp³-hybridized carbons (Fsp3) is 0.300. The van der Waals surface area contributed by atoms with Gasteiger partial charge in [0.15, 0.2) is 8.24 Å². The van der Waals surface area contributed by atoms with Gasteiger partial charge in [0, 0.05) is 17.5 Å². The minimum Gasteiger partial charge on any atom is -0.294 e. The first-order valence-electron chi connectivity index (χ1n) is 5.02. The van der Waals surface area contributed by atoms with Gasteiger partial charge in [-0.25, -0.2) is 0 Å². The molecule has 0 bridgehead atoms. The molecular formula is C10H13N3O2Si. The molecule has 0 aliphatic heterocycles. The number of rotatable bonds is 2. The molecule has 2 aromatic rings. The van der Waals surface area contributed by atoms with E-state index < -0.39 is 8.24 Å². The minimum absolute atomic E-state index is 0.118. The van der Waals surface area contributed by atoms with Crippen molar-refractivity contribution in [3.63, 3.8) is 0 Å². The Bertz CT molecular complexity index is 557. The predicted molar refractivity (Wildman–Crippen MR) is 65.1 cm³/mol. The van der Waals surface area contributed by atoms with Crippen molar-refractivity contribution in [2.75, 3.05) is 0 Å². The van der Waals surface area contributed by atoms with Crippen molar-refractivity contribution >= 4 is 24.8 Å². The molecule has 1 aromatic heterocycles. The number of nitro benzene ring substituents is 1. The molecule has 0 fully saturated rings. The Kier molecular flexibility index (Phi) is 2.31. The molecule has 0 aliphatic carbocycles. The second-order valence-electron chi connectivity index (χ2n) is 4.73. The Morgan fingerprint density at radius 3 is 2.62 bits per heavy atom. The average molecular weight is 235 g/mol. The van der Waals surface area contributed by atoms with Gasteiger partial charge in [-0.3, -0.25) is 14.5 Å². The second kappa shape index (κ2) is 3.41. The van der Waals surface area contributed by atoms with Crippen molar-refractivity contribution in [1.82, 2.24) is 9.45 Å². The van der Waals surface area contributed by atoms with Gasteiger partial charge >= 0.3 is 0 Å². The molecule has 1 aromatic carbocycles. The van der Waals surface area contributed by atoms with E-state index in [0.717, 1.165) is 10.9 Å². The first kappa shape index (κ1) is 10.8. The number of nitrogens with zero attached hydrogens (tertiary/aromatic N) is 3. The van der Waals surface area contributed by atoms with Gasteiger partial charge in [-0.1, -0.05) is 0 Å². The van der Waals surface area contributed by atoms with Crippen LogP contribution in [0, 0.1) is 10.1 Å². The molecule has 6 heteroatoms. The summed E-state index contributed by atoms with van der Waals surface area (Å²) in [6, 6.07) is 4.86. The summed E-state index contributed by atoms with van der Waals surface area (Å²) in [6.07, 6.45) is 1.76. The van der Waals surface area contributed by atoms with Crippen LogP contribution in [0.4, 0.5) is 5.69 Å². The zero-order chi connectivity index (χ0) is 11.9. The molecule has 5 nitrogen and oxygen atoms in total. The molecule has 0 spiro atoms. The lowest BCUT2D eigenvalue weighted by molar-refractivity contribution is -0.384. The maximum absolute atomic E-state index is 10.7. The minimum atomic E-state index is -1.62. The first-order valence-corrected chi connectivity index (χ1v) is 8.47. The van der Waals surface area contributed by atoms with Crippen molar-refractivity contribution in [2.45, 2.75) is 19.6 Å². The standard InChI is InChI=1S/C10H13N3O2Si/c1-16(2,3)12-10-6-9(13(14)15)5-4-8(10)7-11-12/h4-7H,1-3H3. The highest BCUT2D eigenvalue weighted by molar-refractivity contribution is 6.75. The normalized spacial score (nSPS) is 11.9. The number of hydrogen-bond acceptors (Lipinski definition) is 3. The van der Waals surface area contributed by atoms with Gasteiger partial charge in [0.05, 0.1) is 16.6 Å². The molecule has 1 heterocycles. The highest BCUT2D eigenvalue weighted by atomic mass is 28.3. The van der Waals surface area contributed by atoms with Crippen LogP contribution in [0.25, 0.3) is 10.9 Å². The van der Waals surface area contributed by atoms with Crippen LogP contribution in [0.2, 0.25) is 19.6 Å². The topological polar surface area (TPSA) is 61.0 Å². The van der Waals surface area contributed by atoms with E-state index in [4.69, 9.17) is 0 Å². The van der Waals surface area contributed by atoms with Crippen LogP contribution in [0.15, 0.2) is 24.4 Å². The third-order valence-electron chi connectivity index (χ3n) is 2.40. The van der Waals surface area contributed by atoms with E-state index in [1.807, 2.05) is 4.35 Å². The lowest BCUT2D eigenvalue weighted by Gasteiger charge is -2.17. The van der Waals surface area contributed by atoms with Crippen molar-refractivity contribution in [2.24, 2.45) is 0 Å². The quantitative estimate of drug-likeness (QED) is 0.456. The zero-order valence-corrected chi connectivity index (χ0v) is 10.5. The first-order chi connectivity index (χ1) is 7.39. The van der Waals surface area contributed by atoms with Crippen molar-refractivity contribution < 1.29 is 4.92 Å². The Morgan fingerprint density at radius 2 is 2.06 bits per heavy atom. The summed E-state index contributed by atoms with van der Waals surface area (Å²) >= 11 is 0. The number of fused-ring (bicyclic) bond motifs is 1. The van der Waals surface area contributed by atoms with Crippen LogP contribution in [0.1, 0.15) is 0 Å². The molecule has 0 saturated heterocycles. The van der Waals surface area contributed by atoms with E-state index in [1.165, 1.54) is 6.07 Å². The number of aromatic nitrogens is 2. The van der Waals surface area contributed by atoms with Gasteiger partial charge < -0.3 is 0 Å². The van der Waals surface area contributed by atoms with E-state index >= 15 is 0 Å². The van der Waals surface area contributed by atoms with Crippen LogP contribution in [0.3, 0.4) is 0 Å². The summed E-state index contributed by atoms with van der Waals surface area (Å²) in [7, 11) is -1.62. The van der Waals surface area contributed by atoms with Gasteiger partial charge in [0.25, 0.3) is 5.69 Å². The number of benzene rings is 1. The van der Waals surface area contributed by atoms with E-state index in [1.54, 1.807) is 18.3 Å². The highest BCUT2D eigenvalue weighted by Crippen LogP contribution is 2.22. The maximum Gasteiger partial charge on any atom is 0.271 e. The van der Waals surface area contributed by atoms with Crippen molar-refractivity contribution in [1.29, 1.82) is 0 Å². The number of nitro groups is 1. The molecule has 0 unspecified atom stereocenters. The predicted octanol–water partition coefficient (Wildman–Crippen LogP) is 2.63. The summed E-state index contributed by atoms with van der Waals surface area (Å²) in [6.45, 7) is 6.45. The molecule has 0 aliphatic rings. The third kappa shape index (κ3) is 1.71. The zero-order valence-electron chi connectivity index (χ0n) is 9.47. The largest absolute Gasteiger partial charge is 0.294 e. The smallest absolute Gasteiger partial charge is 0.271 e. The number of hydrogen-bond donors (Lipinski definition) is 0. The van der Waals surface area contributed by atoms with Gasteiger partial charge in [-0.2, -0.15) is 5.10 Å². The Labute approximate surface area is 93.9 Å². The van der Waals surface area contributed by atoms with Gasteiger partial charge in [0.1, 0.15) is 0 Å². The molecular weight excluding hydrogens is 222 g/mol. The Hall–Kier alpha value is -1.69. The van der Waals surface area contributed by atoms with Gasteiger partial charge in [-0.15, -0.1) is 0 Å². The van der Waals surface area contributed by atoms with Crippen LogP contribution >= 0.6 is 0 Å². The van der Waals surface area contributed by atoms with Gasteiger partial charge in [-0.05, 0) is 25.7 Å². The molecule has 84 valence electrons. The van der Waals surface area contributed by atoms with E-state index in [0.29, 0.717) is 0 Å². The van der Waals surface area contributed by atoms with Crippen molar-refractivity contribution in [3.05, 3.63) is 34.5 Å². The maximum atomic E-state index is 10.7. The summed E-state index contributed by atoms with van der Waals surface area (Å²) in [4.78, 5) is 10.3. The van der Waals surface area contributed by atoms with Crippen LogP contribution < -0.4 is 0 Å². The lowest BCUT2D eigenvalue weighted by Crippen LogP contribution is -2.32. The molecule has 16 heavy (non-hydrogen) atoms. The molecule has 0 N–H and O–H groups in total. The molecule has 0 amide bonds. The summed E-state index contributed by atoms with van der Waals surface area (Å²) < 4.78 is 1.94. The lowest BCUT2D eigenvalue weighted by atomic mass is 10.2. The second-order valence-corrected chi connectivity index (χ2v) is 9.49. The van der Waals surface area contributed by atoms with Crippen LogP contribution in [0.5, 0.6) is 0 Å². The fourth-order valence-electron chi connectivity index (χ4n) is 1.65. The molecule has 0 saturated carbocycles. The summed E-state index contributed by atoms with van der Waals surface area (Å²) in [5, 5.41) is 16.0. The third-order valence-corrected chi connectivity index (χ3v) is 4.03. The SMILES string of the molecule is C[Si](C)(C)n1ncc2ccc([N+](=O)[O-])cc21.